The number of nitrogens with zero attached hydrogens (tertiary/aromatic N) is 1. The molecule has 0 atom stereocenters. The van der Waals surface area contributed by atoms with Crippen molar-refractivity contribution in [2.24, 2.45) is 0 Å². The summed E-state index contributed by atoms with van der Waals surface area (Å²) in [6.07, 6.45) is 3.66. The lowest BCUT2D eigenvalue weighted by atomic mass is 10.1. The molecule has 0 aliphatic heterocycles. The van der Waals surface area contributed by atoms with Crippen LogP contribution in [-0.4, -0.2) is 17.1 Å². The van der Waals surface area contributed by atoms with Crippen LogP contribution in [0.4, 0.5) is 10.1 Å². The number of alkyl halides is 1. The zero-order valence-electron chi connectivity index (χ0n) is 12.8. The molecule has 3 rings (SSSR count). The third-order valence-electron chi connectivity index (χ3n) is 3.68. The number of pyridine rings is 1. The number of aromatic hydroxyl groups is 1. The molecule has 2 N–H and O–H groups in total. The summed E-state index contributed by atoms with van der Waals surface area (Å²) < 4.78 is 12.7. The van der Waals surface area contributed by atoms with Gasteiger partial charge in [0.25, 0.3) is 0 Å². The maximum Gasteiger partial charge on any atom is 0.124 e. The highest BCUT2D eigenvalue weighted by Crippen LogP contribution is 2.24. The Kier molecular flexibility index (Phi) is 4.24. The fourth-order valence-electron chi connectivity index (χ4n) is 2.38. The standard InChI is InChI=1S/C19H17FN2O/c1-21-17-8-4-14(19(23)11-17)3-6-16-7-5-15-10-13(12-20)2-9-18(15)22-16/h2-11,21,23H,12H2,1H3. The van der Waals surface area contributed by atoms with E-state index in [4.69, 9.17) is 0 Å². The van der Waals surface area contributed by atoms with Crippen molar-refractivity contribution in [3.05, 3.63) is 65.4 Å². The van der Waals surface area contributed by atoms with Gasteiger partial charge in [0.2, 0.25) is 0 Å². The molecule has 0 radical (unpaired) electrons. The van der Waals surface area contributed by atoms with Crippen molar-refractivity contribution in [2.75, 3.05) is 12.4 Å². The van der Waals surface area contributed by atoms with E-state index in [1.807, 2.05) is 42.5 Å². The largest absolute Gasteiger partial charge is 0.507 e. The van der Waals surface area contributed by atoms with E-state index in [1.54, 1.807) is 25.2 Å². The summed E-state index contributed by atoms with van der Waals surface area (Å²) in [6.45, 7) is -0.473. The Balaban J connectivity index is 1.89. The third kappa shape index (κ3) is 3.31. The normalized spacial score (nSPS) is 11.2. The second-order valence-electron chi connectivity index (χ2n) is 5.25. The molecule has 0 aliphatic carbocycles. The van der Waals surface area contributed by atoms with Crippen molar-refractivity contribution in [2.45, 2.75) is 6.67 Å². The van der Waals surface area contributed by atoms with Gasteiger partial charge in [-0.2, -0.15) is 0 Å². The van der Waals surface area contributed by atoms with E-state index >= 15 is 0 Å². The zero-order valence-corrected chi connectivity index (χ0v) is 12.8. The summed E-state index contributed by atoms with van der Waals surface area (Å²) in [7, 11) is 1.80. The lowest BCUT2D eigenvalue weighted by Gasteiger charge is -2.04. The molecule has 0 bridgehead atoms. The van der Waals surface area contributed by atoms with Crippen LogP contribution in [0.15, 0.2) is 48.5 Å². The molecule has 0 amide bonds. The van der Waals surface area contributed by atoms with Crippen LogP contribution in [0.3, 0.4) is 0 Å². The van der Waals surface area contributed by atoms with Crippen LogP contribution in [0.5, 0.6) is 5.75 Å². The van der Waals surface area contributed by atoms with Crippen LogP contribution in [0.1, 0.15) is 16.8 Å². The Bertz CT molecular complexity index is 874. The SMILES string of the molecule is CNc1ccc(C=Cc2ccc3cc(CF)ccc3n2)c(O)c1. The van der Waals surface area contributed by atoms with Gasteiger partial charge in [0, 0.05) is 29.8 Å². The van der Waals surface area contributed by atoms with Crippen LogP contribution in [0.2, 0.25) is 0 Å². The lowest BCUT2D eigenvalue weighted by Crippen LogP contribution is -1.88. The second-order valence-corrected chi connectivity index (χ2v) is 5.25. The number of fused-ring (bicyclic) bond motifs is 1. The molecular formula is C19H17FN2O. The van der Waals surface area contributed by atoms with Crippen molar-refractivity contribution < 1.29 is 9.50 Å². The molecule has 0 unspecified atom stereocenters. The van der Waals surface area contributed by atoms with E-state index in [-0.39, 0.29) is 5.75 Å². The summed E-state index contributed by atoms with van der Waals surface area (Å²) in [5.41, 5.74) is 3.82. The van der Waals surface area contributed by atoms with Crippen LogP contribution in [0, 0.1) is 0 Å². The van der Waals surface area contributed by atoms with E-state index in [0.717, 1.165) is 27.8 Å². The Morgan fingerprint density at radius 1 is 1.09 bits per heavy atom. The van der Waals surface area contributed by atoms with Gasteiger partial charge in [0.1, 0.15) is 12.4 Å². The number of nitrogens with one attached hydrogen (secondary N) is 1. The van der Waals surface area contributed by atoms with Gasteiger partial charge in [-0.1, -0.05) is 12.1 Å². The lowest BCUT2D eigenvalue weighted by molar-refractivity contribution is 0.474. The van der Waals surface area contributed by atoms with Gasteiger partial charge in [-0.05, 0) is 48.0 Å². The minimum atomic E-state index is -0.473. The molecule has 3 aromatic rings. The van der Waals surface area contributed by atoms with Crippen LogP contribution < -0.4 is 5.32 Å². The number of phenols is 1. The molecule has 0 saturated heterocycles. The van der Waals surface area contributed by atoms with Crippen molar-refractivity contribution in [3.63, 3.8) is 0 Å². The van der Waals surface area contributed by atoms with Crippen LogP contribution >= 0.6 is 0 Å². The van der Waals surface area contributed by atoms with Gasteiger partial charge in [0.15, 0.2) is 0 Å². The van der Waals surface area contributed by atoms with Gasteiger partial charge in [-0.25, -0.2) is 9.37 Å². The first-order valence-electron chi connectivity index (χ1n) is 7.34. The summed E-state index contributed by atoms with van der Waals surface area (Å²) in [5.74, 6) is 0.210. The number of rotatable bonds is 4. The number of phenolic OH excluding ortho intramolecular Hbond substituents is 1. The molecular weight excluding hydrogens is 291 g/mol. The monoisotopic (exact) mass is 308 g/mol. The highest BCUT2D eigenvalue weighted by atomic mass is 19.1. The van der Waals surface area contributed by atoms with E-state index in [9.17, 15) is 9.50 Å². The van der Waals surface area contributed by atoms with Crippen LogP contribution in [0.25, 0.3) is 23.1 Å². The van der Waals surface area contributed by atoms with Gasteiger partial charge in [0.05, 0.1) is 11.2 Å². The first-order chi connectivity index (χ1) is 11.2. The quantitative estimate of drug-likeness (QED) is 0.739. The van der Waals surface area contributed by atoms with E-state index in [2.05, 4.69) is 10.3 Å². The average Bonchev–Trinajstić information content (AvgIpc) is 2.60. The number of halogens is 1. The Morgan fingerprint density at radius 2 is 1.96 bits per heavy atom. The molecule has 1 aromatic heterocycles. The molecule has 0 spiro atoms. The van der Waals surface area contributed by atoms with Crippen molar-refractivity contribution in [1.82, 2.24) is 4.98 Å². The number of benzene rings is 2. The minimum Gasteiger partial charge on any atom is -0.507 e. The second kappa shape index (κ2) is 6.48. The number of anilines is 1. The van der Waals surface area contributed by atoms with Crippen LogP contribution in [-0.2, 0) is 6.67 Å². The fourth-order valence-corrected chi connectivity index (χ4v) is 2.38. The third-order valence-corrected chi connectivity index (χ3v) is 3.68. The predicted octanol–water partition coefficient (Wildman–Crippen LogP) is 4.62. The summed E-state index contributed by atoms with van der Waals surface area (Å²) in [4.78, 5) is 4.53. The fraction of sp³-hybridized carbons (Fsp3) is 0.105. The molecule has 4 heteroatoms. The van der Waals surface area contributed by atoms with Gasteiger partial charge in [-0.3, -0.25) is 0 Å². The van der Waals surface area contributed by atoms with Crippen molar-refractivity contribution in [1.29, 1.82) is 0 Å². The minimum absolute atomic E-state index is 0.210. The summed E-state index contributed by atoms with van der Waals surface area (Å²) >= 11 is 0. The Labute approximate surface area is 134 Å². The van der Waals surface area contributed by atoms with Gasteiger partial charge < -0.3 is 10.4 Å². The van der Waals surface area contributed by atoms with Gasteiger partial charge in [-0.15, -0.1) is 0 Å². The summed E-state index contributed by atoms with van der Waals surface area (Å²) in [6, 6.07) is 14.6. The molecule has 1 heterocycles. The van der Waals surface area contributed by atoms with E-state index < -0.39 is 6.67 Å². The zero-order chi connectivity index (χ0) is 16.2. The predicted molar refractivity (Wildman–Crippen MR) is 93.1 cm³/mol. The number of hydrogen-bond acceptors (Lipinski definition) is 3. The maximum atomic E-state index is 12.7. The molecule has 23 heavy (non-hydrogen) atoms. The van der Waals surface area contributed by atoms with E-state index in [0.29, 0.717) is 5.56 Å². The van der Waals surface area contributed by atoms with Gasteiger partial charge >= 0.3 is 0 Å². The van der Waals surface area contributed by atoms with E-state index in [1.165, 1.54) is 0 Å². The molecule has 0 fully saturated rings. The topological polar surface area (TPSA) is 45.2 Å². The van der Waals surface area contributed by atoms with Crippen molar-refractivity contribution >= 4 is 28.7 Å². The highest BCUT2D eigenvalue weighted by molar-refractivity contribution is 5.82. The smallest absolute Gasteiger partial charge is 0.124 e. The first kappa shape index (κ1) is 15.0. The maximum absolute atomic E-state index is 12.7. The van der Waals surface area contributed by atoms with Crippen molar-refractivity contribution in [3.8, 4) is 5.75 Å². The molecule has 2 aromatic carbocycles. The first-order valence-corrected chi connectivity index (χ1v) is 7.34. The average molecular weight is 308 g/mol. The molecule has 0 aliphatic rings. The molecule has 3 nitrogen and oxygen atoms in total. The molecule has 0 saturated carbocycles. The Hall–Kier alpha value is -2.88. The Morgan fingerprint density at radius 3 is 2.70 bits per heavy atom. The number of aromatic nitrogens is 1. The highest BCUT2D eigenvalue weighted by Gasteiger charge is 2.01. The number of hydrogen-bond donors (Lipinski definition) is 2. The summed E-state index contributed by atoms with van der Waals surface area (Å²) in [5, 5.41) is 13.9. The molecule has 116 valence electrons.